The van der Waals surface area contributed by atoms with Crippen LogP contribution >= 0.6 is 0 Å². The van der Waals surface area contributed by atoms with Gasteiger partial charge in [-0.05, 0) is 41.5 Å². The van der Waals surface area contributed by atoms with Crippen LogP contribution in [0.1, 0.15) is 41.5 Å². The smallest absolute Gasteiger partial charge is 0.146 e. The van der Waals surface area contributed by atoms with E-state index in [4.69, 9.17) is 18.9 Å². The molecule has 0 aliphatic carbocycles. The predicted molar refractivity (Wildman–Crippen MR) is 68.7 cm³/mol. The van der Waals surface area contributed by atoms with E-state index in [1.165, 1.54) is 0 Å². The molecule has 2 aliphatic rings. The summed E-state index contributed by atoms with van der Waals surface area (Å²) >= 11 is 0. The first-order valence-corrected chi connectivity index (χ1v) is 6.97. The van der Waals surface area contributed by atoms with Crippen molar-refractivity contribution in [1.82, 2.24) is 0 Å². The van der Waals surface area contributed by atoms with E-state index in [-0.39, 0.29) is 36.6 Å². The molecule has 2 rings (SSSR count). The molecule has 0 aromatic carbocycles. The van der Waals surface area contributed by atoms with E-state index in [2.05, 4.69) is 0 Å². The number of ether oxygens (including phenoxy) is 4. The maximum absolute atomic E-state index is 6.15. The summed E-state index contributed by atoms with van der Waals surface area (Å²) in [6.45, 7) is 12.8. The quantitative estimate of drug-likeness (QED) is 0.757. The number of fused-ring (bicyclic) bond motifs is 2. The molecule has 0 saturated carbocycles. The molecule has 2 aliphatic heterocycles. The molecule has 1 unspecified atom stereocenters. The van der Waals surface area contributed by atoms with Crippen molar-refractivity contribution in [1.29, 1.82) is 0 Å². The third-order valence-electron chi connectivity index (χ3n) is 3.76. The highest BCUT2D eigenvalue weighted by atomic mass is 16.7. The van der Waals surface area contributed by atoms with Crippen LogP contribution in [-0.2, 0) is 18.9 Å². The normalized spacial score (nSPS) is 43.3. The first-order valence-electron chi connectivity index (χ1n) is 6.97. The molecule has 2 heterocycles. The van der Waals surface area contributed by atoms with E-state index >= 15 is 0 Å². The lowest BCUT2D eigenvalue weighted by Crippen LogP contribution is -2.52. The Morgan fingerprint density at radius 3 is 2.33 bits per heavy atom. The Kier molecular flexibility index (Phi) is 4.02. The van der Waals surface area contributed by atoms with Gasteiger partial charge in [0.25, 0.3) is 0 Å². The minimum Gasteiger partial charge on any atom is -0.376 e. The highest BCUT2D eigenvalue weighted by Gasteiger charge is 2.65. The Hall–Kier alpha value is -0.160. The largest absolute Gasteiger partial charge is 0.376 e. The number of rotatable bonds is 5. The summed E-state index contributed by atoms with van der Waals surface area (Å²) in [5.41, 5.74) is -0.446. The summed E-state index contributed by atoms with van der Waals surface area (Å²) < 4.78 is 24.0. The van der Waals surface area contributed by atoms with Crippen LogP contribution in [0.2, 0.25) is 0 Å². The van der Waals surface area contributed by atoms with Gasteiger partial charge < -0.3 is 18.9 Å². The number of hydrogen-bond donors (Lipinski definition) is 0. The van der Waals surface area contributed by atoms with E-state index in [1.807, 2.05) is 41.5 Å². The molecule has 4 nitrogen and oxygen atoms in total. The summed E-state index contributed by atoms with van der Waals surface area (Å²) in [4.78, 5) is 0. The van der Waals surface area contributed by atoms with Crippen LogP contribution < -0.4 is 0 Å². The predicted octanol–water partition coefficient (Wildman–Crippen LogP) is 2.15. The molecule has 0 spiro atoms. The molecule has 0 aromatic heterocycles. The van der Waals surface area contributed by atoms with Gasteiger partial charge in [-0.25, -0.2) is 0 Å². The molecule has 106 valence electrons. The second kappa shape index (κ2) is 5.08. The molecule has 0 aromatic rings. The van der Waals surface area contributed by atoms with Crippen LogP contribution in [-0.4, -0.2) is 48.8 Å². The Bertz CT molecular complexity index is 292. The van der Waals surface area contributed by atoms with E-state index in [0.717, 1.165) is 0 Å². The van der Waals surface area contributed by atoms with Crippen LogP contribution in [0.25, 0.3) is 0 Å². The van der Waals surface area contributed by atoms with Crippen LogP contribution in [0, 0.1) is 0 Å². The summed E-state index contributed by atoms with van der Waals surface area (Å²) in [5, 5.41) is 0. The van der Waals surface area contributed by atoms with Crippen molar-refractivity contribution >= 4 is 0 Å². The third kappa shape index (κ3) is 2.31. The lowest BCUT2D eigenvalue weighted by Gasteiger charge is -2.36. The van der Waals surface area contributed by atoms with Gasteiger partial charge in [-0.3, -0.25) is 0 Å². The molecule has 0 N–H and O–H groups in total. The minimum absolute atomic E-state index is 0.0150. The second-order valence-electron chi connectivity index (χ2n) is 5.99. The maximum Gasteiger partial charge on any atom is 0.146 e. The van der Waals surface area contributed by atoms with Crippen molar-refractivity contribution in [2.24, 2.45) is 0 Å². The molecule has 2 bridgehead atoms. The van der Waals surface area contributed by atoms with Crippen LogP contribution in [0.15, 0.2) is 0 Å². The van der Waals surface area contributed by atoms with Gasteiger partial charge in [-0.1, -0.05) is 0 Å². The van der Waals surface area contributed by atoms with E-state index in [9.17, 15) is 0 Å². The molecule has 5 atom stereocenters. The molecular weight excluding hydrogens is 232 g/mol. The van der Waals surface area contributed by atoms with Gasteiger partial charge in [-0.2, -0.15) is 0 Å². The van der Waals surface area contributed by atoms with E-state index < -0.39 is 5.60 Å². The first-order chi connectivity index (χ1) is 8.36. The van der Waals surface area contributed by atoms with Gasteiger partial charge in [0, 0.05) is 0 Å². The van der Waals surface area contributed by atoms with Gasteiger partial charge in [0.1, 0.15) is 17.8 Å². The number of hydrogen-bond acceptors (Lipinski definition) is 4. The van der Waals surface area contributed by atoms with Gasteiger partial charge >= 0.3 is 0 Å². The summed E-state index contributed by atoms with van der Waals surface area (Å²) in [6, 6.07) is 0. The highest BCUT2D eigenvalue weighted by molar-refractivity contribution is 5.12. The summed E-state index contributed by atoms with van der Waals surface area (Å²) in [6.07, 6.45) is 0.435. The van der Waals surface area contributed by atoms with Gasteiger partial charge in [0.2, 0.25) is 0 Å². The fraction of sp³-hybridized carbons (Fsp3) is 1.00. The standard InChI is InChI=1S/C14H26O4/c1-8(2)15-7-14-11(6)17-12(10(5)18-14)13(14)16-9(3)4/h8-13H,7H2,1-6H3/t10-,11-,12?,13-,14-/m0/s1. The molecule has 18 heavy (non-hydrogen) atoms. The zero-order chi connectivity index (χ0) is 13.5. The van der Waals surface area contributed by atoms with Crippen LogP contribution in [0.3, 0.4) is 0 Å². The Balaban J connectivity index is 2.16. The maximum atomic E-state index is 6.15. The zero-order valence-corrected chi connectivity index (χ0v) is 12.3. The molecule has 4 heteroatoms. The van der Waals surface area contributed by atoms with Gasteiger partial charge in [0.05, 0.1) is 31.0 Å². The minimum atomic E-state index is -0.446. The van der Waals surface area contributed by atoms with Crippen molar-refractivity contribution in [2.75, 3.05) is 6.61 Å². The second-order valence-corrected chi connectivity index (χ2v) is 5.99. The fourth-order valence-electron chi connectivity index (χ4n) is 2.88. The molecule has 0 radical (unpaired) electrons. The average molecular weight is 258 g/mol. The lowest BCUT2D eigenvalue weighted by atomic mass is 9.93. The van der Waals surface area contributed by atoms with Crippen LogP contribution in [0.4, 0.5) is 0 Å². The average Bonchev–Trinajstić information content (AvgIpc) is 2.64. The SMILES string of the molecule is CC(C)OC[C@]12O[C@@H](C)C(O[C@H]1C)[C@@H]2OC(C)C. The zero-order valence-electron chi connectivity index (χ0n) is 12.3. The Morgan fingerprint density at radius 1 is 1.11 bits per heavy atom. The van der Waals surface area contributed by atoms with Crippen molar-refractivity contribution in [3.05, 3.63) is 0 Å². The lowest BCUT2D eigenvalue weighted by molar-refractivity contribution is -0.204. The summed E-state index contributed by atoms with van der Waals surface area (Å²) in [7, 11) is 0. The summed E-state index contributed by atoms with van der Waals surface area (Å²) in [5.74, 6) is 0. The molecule has 2 saturated heterocycles. The molecular formula is C14H26O4. The fourth-order valence-corrected chi connectivity index (χ4v) is 2.88. The highest BCUT2D eigenvalue weighted by Crippen LogP contribution is 2.46. The van der Waals surface area contributed by atoms with E-state index in [1.54, 1.807) is 0 Å². The van der Waals surface area contributed by atoms with Crippen molar-refractivity contribution in [3.63, 3.8) is 0 Å². The van der Waals surface area contributed by atoms with Crippen molar-refractivity contribution < 1.29 is 18.9 Å². The van der Waals surface area contributed by atoms with Crippen LogP contribution in [0.5, 0.6) is 0 Å². The van der Waals surface area contributed by atoms with Gasteiger partial charge in [-0.15, -0.1) is 0 Å². The monoisotopic (exact) mass is 258 g/mol. The van der Waals surface area contributed by atoms with Crippen molar-refractivity contribution in [2.45, 2.75) is 83.8 Å². The third-order valence-corrected chi connectivity index (χ3v) is 3.76. The Labute approximate surface area is 110 Å². The van der Waals surface area contributed by atoms with Crippen molar-refractivity contribution in [3.8, 4) is 0 Å². The molecule has 2 fully saturated rings. The topological polar surface area (TPSA) is 36.9 Å². The van der Waals surface area contributed by atoms with Gasteiger partial charge in [0.15, 0.2) is 0 Å². The van der Waals surface area contributed by atoms with E-state index in [0.29, 0.717) is 6.61 Å². The first kappa shape index (κ1) is 14.3. The molecule has 0 amide bonds. The Morgan fingerprint density at radius 2 is 1.78 bits per heavy atom.